The fourth-order valence-electron chi connectivity index (χ4n) is 4.67. The van der Waals surface area contributed by atoms with Crippen LogP contribution >= 0.6 is 11.6 Å². The molecule has 2 heterocycles. The fraction of sp³-hybridized carbons (Fsp3) is 0.172. The van der Waals surface area contributed by atoms with Crippen LogP contribution in [0.15, 0.2) is 79.0 Å². The number of aromatic hydroxyl groups is 2. The molecule has 5 rings (SSSR count). The molecule has 0 saturated carbocycles. The molecule has 0 saturated heterocycles. The molecule has 0 spiro atoms. The van der Waals surface area contributed by atoms with Gasteiger partial charge in [0.05, 0.1) is 11.3 Å². The van der Waals surface area contributed by atoms with E-state index in [1.807, 2.05) is 68.6 Å². The first-order valence-electron chi connectivity index (χ1n) is 11.5. The minimum atomic E-state index is -0.440. The highest BCUT2D eigenvalue weighted by molar-refractivity contribution is 6.33. The Morgan fingerprint density at radius 1 is 0.971 bits per heavy atom. The third-order valence-electron chi connectivity index (χ3n) is 6.59. The van der Waals surface area contributed by atoms with Gasteiger partial charge in [-0.1, -0.05) is 41.9 Å². The number of phenolic OH excluding ortho intramolecular Hbond substituents is 2. The van der Waals surface area contributed by atoms with Crippen molar-refractivity contribution in [2.45, 2.75) is 32.2 Å². The summed E-state index contributed by atoms with van der Waals surface area (Å²) >= 11 is 6.33. The summed E-state index contributed by atoms with van der Waals surface area (Å²) in [6.07, 6.45) is 3.41. The van der Waals surface area contributed by atoms with E-state index in [-0.39, 0.29) is 23.0 Å². The predicted molar refractivity (Wildman–Crippen MR) is 139 cm³/mol. The number of amides is 1. The number of carbonyl (C=O) groups is 1. The van der Waals surface area contributed by atoms with E-state index in [1.165, 1.54) is 18.2 Å². The van der Waals surface area contributed by atoms with E-state index in [4.69, 9.17) is 11.6 Å². The first kappa shape index (κ1) is 22.9. The topological polar surface area (TPSA) is 73.7 Å². The number of benzene rings is 3. The predicted octanol–water partition coefficient (Wildman–Crippen LogP) is 6.85. The van der Waals surface area contributed by atoms with Crippen molar-refractivity contribution in [2.75, 3.05) is 4.90 Å². The molecule has 0 aliphatic carbocycles. The van der Waals surface area contributed by atoms with Crippen LogP contribution in [0.25, 0.3) is 22.4 Å². The summed E-state index contributed by atoms with van der Waals surface area (Å²) in [6, 6.07) is 21.7. The molecule has 0 atom stereocenters. The Balaban J connectivity index is 1.49. The second-order valence-corrected chi connectivity index (χ2v) is 9.82. The number of carbonyl (C=O) groups excluding carboxylic acids is 1. The molecular formula is C29H25ClN2O3. The van der Waals surface area contributed by atoms with Crippen molar-refractivity contribution in [3.63, 3.8) is 0 Å². The van der Waals surface area contributed by atoms with Crippen molar-refractivity contribution >= 4 is 23.2 Å². The van der Waals surface area contributed by atoms with Gasteiger partial charge >= 0.3 is 0 Å². The number of nitrogens with zero attached hydrogens (tertiary/aromatic N) is 2. The average molecular weight is 485 g/mol. The maximum Gasteiger partial charge on any atom is 0.262 e. The van der Waals surface area contributed by atoms with E-state index < -0.39 is 5.54 Å². The Morgan fingerprint density at radius 2 is 1.74 bits per heavy atom. The number of fused-ring (bicyclic) bond motifs is 1. The molecule has 176 valence electrons. The van der Waals surface area contributed by atoms with E-state index >= 15 is 0 Å². The van der Waals surface area contributed by atoms with Crippen LogP contribution in [-0.2, 0) is 6.42 Å². The van der Waals surface area contributed by atoms with Gasteiger partial charge in [-0.05, 0) is 68.7 Å². The van der Waals surface area contributed by atoms with Crippen LogP contribution in [0.4, 0.5) is 5.69 Å². The summed E-state index contributed by atoms with van der Waals surface area (Å²) in [5.41, 5.74) is 5.27. The lowest BCUT2D eigenvalue weighted by Crippen LogP contribution is -2.51. The molecule has 1 amide bonds. The SMILES string of the molecule is CC1(C)CCc2cc(-c3ccc(-c4ccccc4Cl)cn3)ccc2N1C(=O)c1ccc(O)cc1O. The van der Waals surface area contributed by atoms with Crippen LogP contribution in [0, 0.1) is 0 Å². The first-order valence-corrected chi connectivity index (χ1v) is 11.8. The lowest BCUT2D eigenvalue weighted by Gasteiger charge is -2.43. The number of halogens is 1. The van der Waals surface area contributed by atoms with Crippen molar-refractivity contribution in [1.82, 2.24) is 4.98 Å². The summed E-state index contributed by atoms with van der Waals surface area (Å²) < 4.78 is 0. The highest BCUT2D eigenvalue weighted by Crippen LogP contribution is 2.40. The van der Waals surface area contributed by atoms with Crippen LogP contribution in [0.2, 0.25) is 5.02 Å². The fourth-order valence-corrected chi connectivity index (χ4v) is 4.91. The largest absolute Gasteiger partial charge is 0.508 e. The molecule has 3 aromatic carbocycles. The molecule has 1 aliphatic rings. The zero-order chi connectivity index (χ0) is 24.7. The van der Waals surface area contributed by atoms with E-state index in [0.717, 1.165) is 46.5 Å². The van der Waals surface area contributed by atoms with E-state index in [1.54, 1.807) is 4.90 Å². The maximum atomic E-state index is 13.5. The normalized spacial score (nSPS) is 14.4. The van der Waals surface area contributed by atoms with E-state index in [2.05, 4.69) is 11.1 Å². The molecule has 35 heavy (non-hydrogen) atoms. The van der Waals surface area contributed by atoms with Gasteiger partial charge in [0.15, 0.2) is 0 Å². The Morgan fingerprint density at radius 3 is 2.46 bits per heavy atom. The van der Waals surface area contributed by atoms with Gasteiger partial charge < -0.3 is 15.1 Å². The van der Waals surface area contributed by atoms with E-state index in [9.17, 15) is 15.0 Å². The van der Waals surface area contributed by atoms with Crippen LogP contribution in [0.5, 0.6) is 11.5 Å². The van der Waals surface area contributed by atoms with Gasteiger partial charge in [0.25, 0.3) is 5.91 Å². The van der Waals surface area contributed by atoms with Gasteiger partial charge in [-0.25, -0.2) is 0 Å². The molecule has 6 heteroatoms. The summed E-state index contributed by atoms with van der Waals surface area (Å²) in [6.45, 7) is 4.04. The van der Waals surface area contributed by atoms with Gasteiger partial charge in [-0.15, -0.1) is 0 Å². The zero-order valence-electron chi connectivity index (χ0n) is 19.5. The zero-order valence-corrected chi connectivity index (χ0v) is 20.3. The number of phenols is 2. The molecule has 2 N–H and O–H groups in total. The van der Waals surface area contributed by atoms with Crippen molar-refractivity contribution in [3.8, 4) is 33.9 Å². The first-order chi connectivity index (χ1) is 16.7. The lowest BCUT2D eigenvalue weighted by atomic mass is 9.85. The monoisotopic (exact) mass is 484 g/mol. The highest BCUT2D eigenvalue weighted by atomic mass is 35.5. The van der Waals surface area contributed by atoms with Crippen molar-refractivity contribution in [1.29, 1.82) is 0 Å². The standard InChI is InChI=1S/C29H25ClN2O3/c1-29(2)14-13-19-15-18(25-11-7-20(17-31-25)22-5-3-4-6-24(22)30)8-12-26(19)32(29)28(35)23-10-9-21(33)16-27(23)34/h3-12,15-17,33-34H,13-14H2,1-2H3. The number of rotatable bonds is 3. The number of hydrogen-bond acceptors (Lipinski definition) is 4. The molecule has 0 unspecified atom stereocenters. The molecule has 0 bridgehead atoms. The van der Waals surface area contributed by atoms with E-state index in [0.29, 0.717) is 5.02 Å². The molecule has 0 radical (unpaired) electrons. The summed E-state index contributed by atoms with van der Waals surface area (Å²) in [5.74, 6) is -0.629. The second kappa shape index (κ2) is 8.75. The molecule has 1 aliphatic heterocycles. The number of aryl methyl sites for hydroxylation is 1. The van der Waals surface area contributed by atoms with Crippen LogP contribution in [0.1, 0.15) is 36.2 Å². The highest BCUT2D eigenvalue weighted by Gasteiger charge is 2.38. The molecule has 4 aromatic rings. The Kier molecular flexibility index (Phi) is 5.73. The van der Waals surface area contributed by atoms with Crippen LogP contribution in [0.3, 0.4) is 0 Å². The quantitative estimate of drug-likeness (QED) is 0.333. The minimum Gasteiger partial charge on any atom is -0.508 e. The molecule has 5 nitrogen and oxygen atoms in total. The molecular weight excluding hydrogens is 460 g/mol. The number of pyridine rings is 1. The summed E-state index contributed by atoms with van der Waals surface area (Å²) in [4.78, 5) is 19.9. The average Bonchev–Trinajstić information content (AvgIpc) is 2.83. The van der Waals surface area contributed by atoms with Crippen molar-refractivity contribution in [3.05, 3.63) is 95.1 Å². The van der Waals surface area contributed by atoms with Gasteiger partial charge in [0.1, 0.15) is 11.5 Å². The Bertz CT molecular complexity index is 1430. The van der Waals surface area contributed by atoms with Crippen LogP contribution in [-0.4, -0.2) is 26.6 Å². The summed E-state index contributed by atoms with van der Waals surface area (Å²) in [7, 11) is 0. The molecule has 1 aromatic heterocycles. The van der Waals surface area contributed by atoms with Crippen molar-refractivity contribution < 1.29 is 15.0 Å². The molecule has 0 fully saturated rings. The Labute approximate surface area is 209 Å². The van der Waals surface area contributed by atoms with Gasteiger partial charge in [0.2, 0.25) is 0 Å². The minimum absolute atomic E-state index is 0.0879. The van der Waals surface area contributed by atoms with Gasteiger partial charge in [-0.3, -0.25) is 9.78 Å². The maximum absolute atomic E-state index is 13.5. The van der Waals surface area contributed by atoms with Crippen molar-refractivity contribution in [2.24, 2.45) is 0 Å². The second-order valence-electron chi connectivity index (χ2n) is 9.41. The third kappa shape index (κ3) is 4.24. The third-order valence-corrected chi connectivity index (χ3v) is 6.92. The number of anilines is 1. The number of aromatic nitrogens is 1. The lowest BCUT2D eigenvalue weighted by molar-refractivity contribution is 0.0953. The number of hydrogen-bond donors (Lipinski definition) is 2. The Hall–Kier alpha value is -3.83. The van der Waals surface area contributed by atoms with Gasteiger partial charge in [0, 0.05) is 45.2 Å². The van der Waals surface area contributed by atoms with Gasteiger partial charge in [-0.2, -0.15) is 0 Å². The smallest absolute Gasteiger partial charge is 0.262 e. The summed E-state index contributed by atoms with van der Waals surface area (Å²) in [5, 5.41) is 20.6. The van der Waals surface area contributed by atoms with Crippen LogP contribution < -0.4 is 4.90 Å².